The third-order valence-corrected chi connectivity index (χ3v) is 3.66. The molecule has 0 aliphatic heterocycles. The standard InChI is InChI=1S/C17H19ClN2O3/c1-22-13-7-8-15(16(11-13)23-2)20-17(21)19-10-9-12-5-3-4-6-14(12)18/h3-8,11H,9-10H2,1-2H3,(H2,19,20,21). The van der Waals surface area contributed by atoms with E-state index in [1.165, 1.54) is 7.11 Å². The summed E-state index contributed by atoms with van der Waals surface area (Å²) in [6, 6.07) is 12.5. The third kappa shape index (κ3) is 4.79. The lowest BCUT2D eigenvalue weighted by Gasteiger charge is -2.12. The largest absolute Gasteiger partial charge is 0.497 e. The first kappa shape index (κ1) is 17.0. The van der Waals surface area contributed by atoms with Crippen LogP contribution in [0.15, 0.2) is 42.5 Å². The normalized spacial score (nSPS) is 10.0. The van der Waals surface area contributed by atoms with E-state index in [2.05, 4.69) is 10.6 Å². The van der Waals surface area contributed by atoms with Gasteiger partial charge in [0.05, 0.1) is 19.9 Å². The minimum Gasteiger partial charge on any atom is -0.497 e. The highest BCUT2D eigenvalue weighted by Crippen LogP contribution is 2.28. The van der Waals surface area contributed by atoms with Gasteiger partial charge < -0.3 is 20.1 Å². The highest BCUT2D eigenvalue weighted by atomic mass is 35.5. The van der Waals surface area contributed by atoms with E-state index in [9.17, 15) is 4.79 Å². The second-order valence-electron chi connectivity index (χ2n) is 4.79. The van der Waals surface area contributed by atoms with Gasteiger partial charge in [-0.3, -0.25) is 0 Å². The number of amides is 2. The number of anilines is 1. The van der Waals surface area contributed by atoms with Gasteiger partial charge >= 0.3 is 6.03 Å². The van der Waals surface area contributed by atoms with Gasteiger partial charge in [0.15, 0.2) is 0 Å². The molecule has 2 aromatic carbocycles. The summed E-state index contributed by atoms with van der Waals surface area (Å²) in [5, 5.41) is 6.24. The molecule has 0 aromatic heterocycles. The lowest BCUT2D eigenvalue weighted by atomic mass is 10.1. The smallest absolute Gasteiger partial charge is 0.319 e. The molecule has 122 valence electrons. The summed E-state index contributed by atoms with van der Waals surface area (Å²) in [4.78, 5) is 12.0. The van der Waals surface area contributed by atoms with E-state index in [1.807, 2.05) is 24.3 Å². The Morgan fingerprint density at radius 3 is 2.61 bits per heavy atom. The Morgan fingerprint density at radius 1 is 1.13 bits per heavy atom. The molecule has 0 aliphatic carbocycles. The van der Waals surface area contributed by atoms with Gasteiger partial charge in [-0.15, -0.1) is 0 Å². The number of hydrogen-bond donors (Lipinski definition) is 2. The van der Waals surface area contributed by atoms with E-state index in [-0.39, 0.29) is 6.03 Å². The van der Waals surface area contributed by atoms with Crippen LogP contribution >= 0.6 is 11.6 Å². The Kier molecular flexibility index (Phi) is 6.11. The summed E-state index contributed by atoms with van der Waals surface area (Å²) in [7, 11) is 3.11. The van der Waals surface area contributed by atoms with Gasteiger partial charge in [0.2, 0.25) is 0 Å². The molecular formula is C17H19ClN2O3. The summed E-state index contributed by atoms with van der Waals surface area (Å²) in [6.07, 6.45) is 0.660. The molecule has 2 aromatic rings. The van der Waals surface area contributed by atoms with Crippen molar-refractivity contribution in [2.75, 3.05) is 26.1 Å². The lowest BCUT2D eigenvalue weighted by molar-refractivity contribution is 0.252. The fourth-order valence-corrected chi connectivity index (χ4v) is 2.31. The molecule has 2 amide bonds. The van der Waals surface area contributed by atoms with Crippen LogP contribution in [-0.4, -0.2) is 26.8 Å². The van der Waals surface area contributed by atoms with E-state index in [0.717, 1.165) is 5.56 Å². The molecule has 23 heavy (non-hydrogen) atoms. The predicted octanol–water partition coefficient (Wildman–Crippen LogP) is 3.72. The molecule has 0 aliphatic rings. The van der Waals surface area contributed by atoms with Crippen LogP contribution < -0.4 is 20.1 Å². The van der Waals surface area contributed by atoms with Crippen LogP contribution in [0.1, 0.15) is 5.56 Å². The second kappa shape index (κ2) is 8.29. The van der Waals surface area contributed by atoms with Crippen molar-refractivity contribution in [3.8, 4) is 11.5 Å². The van der Waals surface area contributed by atoms with Crippen LogP contribution in [0.5, 0.6) is 11.5 Å². The Balaban J connectivity index is 1.89. The zero-order valence-corrected chi connectivity index (χ0v) is 13.8. The molecule has 5 nitrogen and oxygen atoms in total. The maximum atomic E-state index is 12.0. The summed E-state index contributed by atoms with van der Waals surface area (Å²) in [5.74, 6) is 1.19. The van der Waals surface area contributed by atoms with E-state index < -0.39 is 0 Å². The molecule has 0 unspecified atom stereocenters. The Hall–Kier alpha value is -2.40. The maximum absolute atomic E-state index is 12.0. The quantitative estimate of drug-likeness (QED) is 0.846. The number of carbonyl (C=O) groups excluding carboxylic acids is 1. The van der Waals surface area contributed by atoms with Crippen LogP contribution in [0, 0.1) is 0 Å². The van der Waals surface area contributed by atoms with Crippen molar-refractivity contribution in [2.45, 2.75) is 6.42 Å². The average Bonchev–Trinajstić information content (AvgIpc) is 2.57. The Bertz CT molecular complexity index is 677. The summed E-state index contributed by atoms with van der Waals surface area (Å²) in [6.45, 7) is 0.480. The first-order valence-corrected chi connectivity index (χ1v) is 7.52. The molecule has 0 radical (unpaired) electrons. The molecule has 2 rings (SSSR count). The zero-order chi connectivity index (χ0) is 16.7. The van der Waals surface area contributed by atoms with E-state index in [4.69, 9.17) is 21.1 Å². The number of hydrogen-bond acceptors (Lipinski definition) is 3. The highest BCUT2D eigenvalue weighted by Gasteiger charge is 2.08. The number of halogens is 1. The summed E-state index contributed by atoms with van der Waals surface area (Å²) in [5.41, 5.74) is 1.57. The zero-order valence-electron chi connectivity index (χ0n) is 13.1. The van der Waals surface area contributed by atoms with Crippen molar-refractivity contribution >= 4 is 23.3 Å². The number of benzene rings is 2. The number of methoxy groups -OCH3 is 2. The molecule has 6 heteroatoms. The molecule has 0 spiro atoms. The van der Waals surface area contributed by atoms with Crippen LogP contribution in [0.2, 0.25) is 5.02 Å². The molecule has 0 atom stereocenters. The first-order chi connectivity index (χ1) is 11.1. The minimum atomic E-state index is -0.305. The van der Waals surface area contributed by atoms with E-state index in [1.54, 1.807) is 25.3 Å². The van der Waals surface area contributed by atoms with E-state index in [0.29, 0.717) is 35.2 Å². The minimum absolute atomic E-state index is 0.305. The number of rotatable bonds is 6. The van der Waals surface area contributed by atoms with Crippen molar-refractivity contribution in [2.24, 2.45) is 0 Å². The Labute approximate surface area is 140 Å². The predicted molar refractivity (Wildman–Crippen MR) is 91.7 cm³/mol. The van der Waals surface area contributed by atoms with Crippen molar-refractivity contribution in [3.05, 3.63) is 53.1 Å². The van der Waals surface area contributed by atoms with Gasteiger partial charge in [-0.25, -0.2) is 4.79 Å². The molecule has 0 saturated carbocycles. The van der Waals surface area contributed by atoms with Crippen LogP contribution in [0.25, 0.3) is 0 Å². The van der Waals surface area contributed by atoms with Gasteiger partial charge in [-0.1, -0.05) is 29.8 Å². The maximum Gasteiger partial charge on any atom is 0.319 e. The molecule has 0 bridgehead atoms. The van der Waals surface area contributed by atoms with Crippen molar-refractivity contribution in [1.29, 1.82) is 0 Å². The molecule has 0 heterocycles. The van der Waals surface area contributed by atoms with Crippen LogP contribution in [-0.2, 0) is 6.42 Å². The molecule has 2 N–H and O–H groups in total. The van der Waals surface area contributed by atoms with Gasteiger partial charge in [0.1, 0.15) is 11.5 Å². The number of urea groups is 1. The van der Waals surface area contributed by atoms with Crippen LogP contribution in [0.4, 0.5) is 10.5 Å². The third-order valence-electron chi connectivity index (χ3n) is 3.29. The van der Waals surface area contributed by atoms with Gasteiger partial charge in [0.25, 0.3) is 0 Å². The summed E-state index contributed by atoms with van der Waals surface area (Å²) < 4.78 is 10.4. The number of carbonyl (C=O) groups is 1. The van der Waals surface area contributed by atoms with E-state index >= 15 is 0 Å². The SMILES string of the molecule is COc1ccc(NC(=O)NCCc2ccccc2Cl)c(OC)c1. The van der Waals surface area contributed by atoms with Gasteiger partial charge in [0, 0.05) is 17.6 Å². The Morgan fingerprint density at radius 2 is 1.91 bits per heavy atom. The first-order valence-electron chi connectivity index (χ1n) is 7.14. The molecule has 0 saturated heterocycles. The number of nitrogens with one attached hydrogen (secondary N) is 2. The highest BCUT2D eigenvalue weighted by molar-refractivity contribution is 6.31. The van der Waals surface area contributed by atoms with Gasteiger partial charge in [-0.2, -0.15) is 0 Å². The van der Waals surface area contributed by atoms with Crippen molar-refractivity contribution < 1.29 is 14.3 Å². The molecule has 0 fully saturated rings. The van der Waals surface area contributed by atoms with Crippen LogP contribution in [0.3, 0.4) is 0 Å². The lowest BCUT2D eigenvalue weighted by Crippen LogP contribution is -2.30. The second-order valence-corrected chi connectivity index (χ2v) is 5.20. The van der Waals surface area contributed by atoms with Crippen molar-refractivity contribution in [1.82, 2.24) is 5.32 Å². The fraction of sp³-hybridized carbons (Fsp3) is 0.235. The summed E-state index contributed by atoms with van der Waals surface area (Å²) >= 11 is 6.08. The monoisotopic (exact) mass is 334 g/mol. The topological polar surface area (TPSA) is 59.6 Å². The number of ether oxygens (including phenoxy) is 2. The van der Waals surface area contributed by atoms with Gasteiger partial charge in [-0.05, 0) is 30.2 Å². The average molecular weight is 335 g/mol. The fourth-order valence-electron chi connectivity index (χ4n) is 2.08. The van der Waals surface area contributed by atoms with Crippen molar-refractivity contribution in [3.63, 3.8) is 0 Å². The molecular weight excluding hydrogens is 316 g/mol.